The zero-order chi connectivity index (χ0) is 19.5. The van der Waals surface area contributed by atoms with Crippen LogP contribution in [0.3, 0.4) is 0 Å². The summed E-state index contributed by atoms with van der Waals surface area (Å²) in [6.07, 6.45) is 6.41. The van der Waals surface area contributed by atoms with Crippen molar-refractivity contribution in [3.8, 4) is 0 Å². The summed E-state index contributed by atoms with van der Waals surface area (Å²) >= 11 is 0. The average Bonchev–Trinajstić information content (AvgIpc) is 3.06. The van der Waals surface area contributed by atoms with Gasteiger partial charge in [-0.1, -0.05) is 12.1 Å². The monoisotopic (exact) mass is 370 g/mol. The fourth-order valence-electron chi connectivity index (χ4n) is 3.29. The third-order valence-electron chi connectivity index (χ3n) is 5.02. The van der Waals surface area contributed by atoms with E-state index < -0.39 is 0 Å². The number of aromatic nitrogens is 1. The standard InChI is InChI=1S/C24H22N2O2/c1-16-11-22-20(15-28-23(22)12-17(16)2)14-24(27)26-21-5-3-18(4-6-21)13-19-7-9-25-10-8-19/h3-12,15H,13-14H2,1-2H3,(H,26,27). The molecular formula is C24H22N2O2. The summed E-state index contributed by atoms with van der Waals surface area (Å²) in [5.41, 5.74) is 7.31. The lowest BCUT2D eigenvalue weighted by Crippen LogP contribution is -2.14. The van der Waals surface area contributed by atoms with Gasteiger partial charge in [0, 0.05) is 29.0 Å². The van der Waals surface area contributed by atoms with Gasteiger partial charge in [-0.15, -0.1) is 0 Å². The Morgan fingerprint density at radius 2 is 1.64 bits per heavy atom. The van der Waals surface area contributed by atoms with Crippen molar-refractivity contribution in [1.29, 1.82) is 0 Å². The van der Waals surface area contributed by atoms with Crippen LogP contribution in [0.25, 0.3) is 11.0 Å². The van der Waals surface area contributed by atoms with Crippen LogP contribution >= 0.6 is 0 Å². The normalized spacial score (nSPS) is 10.9. The van der Waals surface area contributed by atoms with Crippen molar-refractivity contribution in [3.05, 3.63) is 95.0 Å². The van der Waals surface area contributed by atoms with Crippen molar-refractivity contribution >= 4 is 22.6 Å². The minimum atomic E-state index is -0.0530. The van der Waals surface area contributed by atoms with Gasteiger partial charge in [0.25, 0.3) is 0 Å². The second kappa shape index (κ2) is 7.69. The topological polar surface area (TPSA) is 55.1 Å². The molecule has 1 amide bonds. The first kappa shape index (κ1) is 18.0. The highest BCUT2D eigenvalue weighted by Crippen LogP contribution is 2.25. The minimum absolute atomic E-state index is 0.0530. The molecule has 1 N–H and O–H groups in total. The Bertz CT molecular complexity index is 1110. The summed E-state index contributed by atoms with van der Waals surface area (Å²) in [7, 11) is 0. The number of anilines is 1. The van der Waals surface area contributed by atoms with E-state index in [-0.39, 0.29) is 12.3 Å². The predicted octanol–water partition coefficient (Wildman–Crippen LogP) is 5.22. The fraction of sp³-hybridized carbons (Fsp3) is 0.167. The van der Waals surface area contributed by atoms with E-state index in [4.69, 9.17) is 4.42 Å². The number of nitrogens with zero attached hydrogens (tertiary/aromatic N) is 1. The number of aryl methyl sites for hydroxylation is 2. The Morgan fingerprint density at radius 3 is 2.39 bits per heavy atom. The smallest absolute Gasteiger partial charge is 0.228 e. The van der Waals surface area contributed by atoms with Gasteiger partial charge < -0.3 is 9.73 Å². The molecule has 4 aromatic rings. The molecule has 0 radical (unpaired) electrons. The summed E-state index contributed by atoms with van der Waals surface area (Å²) in [5, 5.41) is 3.98. The summed E-state index contributed by atoms with van der Waals surface area (Å²) < 4.78 is 5.62. The van der Waals surface area contributed by atoms with Crippen LogP contribution in [0.2, 0.25) is 0 Å². The van der Waals surface area contributed by atoms with Crippen LogP contribution in [-0.2, 0) is 17.6 Å². The Hall–Kier alpha value is -3.40. The molecule has 140 valence electrons. The Kier molecular flexibility index (Phi) is 4.94. The van der Waals surface area contributed by atoms with E-state index in [0.29, 0.717) is 0 Å². The summed E-state index contributed by atoms with van der Waals surface area (Å²) in [4.78, 5) is 16.5. The van der Waals surface area contributed by atoms with Crippen LogP contribution in [0.4, 0.5) is 5.69 Å². The van der Waals surface area contributed by atoms with E-state index in [1.54, 1.807) is 18.7 Å². The third kappa shape index (κ3) is 3.96. The Labute approximate surface area is 164 Å². The molecule has 28 heavy (non-hydrogen) atoms. The summed E-state index contributed by atoms with van der Waals surface area (Å²) in [5.74, 6) is -0.0530. The number of carbonyl (C=O) groups is 1. The molecule has 0 fully saturated rings. The van der Waals surface area contributed by atoms with Crippen LogP contribution in [-0.4, -0.2) is 10.9 Å². The van der Waals surface area contributed by atoms with Gasteiger partial charge in [-0.3, -0.25) is 9.78 Å². The highest BCUT2D eigenvalue weighted by molar-refractivity contribution is 5.95. The molecule has 2 aromatic carbocycles. The average molecular weight is 370 g/mol. The Morgan fingerprint density at radius 1 is 0.964 bits per heavy atom. The molecule has 0 bridgehead atoms. The molecule has 0 unspecified atom stereocenters. The summed E-state index contributed by atoms with van der Waals surface area (Å²) in [6.45, 7) is 4.13. The van der Waals surface area contributed by atoms with E-state index in [1.165, 1.54) is 22.3 Å². The number of furan rings is 1. The molecule has 0 aliphatic carbocycles. The molecule has 4 rings (SSSR count). The molecule has 2 aromatic heterocycles. The number of rotatable bonds is 5. The van der Waals surface area contributed by atoms with E-state index in [0.717, 1.165) is 28.6 Å². The van der Waals surface area contributed by atoms with E-state index in [2.05, 4.69) is 30.2 Å². The van der Waals surface area contributed by atoms with Crippen LogP contribution < -0.4 is 5.32 Å². The van der Waals surface area contributed by atoms with Crippen molar-refractivity contribution in [2.24, 2.45) is 0 Å². The number of hydrogen-bond acceptors (Lipinski definition) is 3. The van der Waals surface area contributed by atoms with Crippen molar-refractivity contribution in [1.82, 2.24) is 4.98 Å². The fourth-order valence-corrected chi connectivity index (χ4v) is 3.29. The first-order valence-electron chi connectivity index (χ1n) is 9.33. The number of hydrogen-bond donors (Lipinski definition) is 1. The highest BCUT2D eigenvalue weighted by atomic mass is 16.3. The van der Waals surface area contributed by atoms with Crippen molar-refractivity contribution in [2.75, 3.05) is 5.32 Å². The molecular weight excluding hydrogens is 348 g/mol. The van der Waals surface area contributed by atoms with Crippen LogP contribution in [0.5, 0.6) is 0 Å². The van der Waals surface area contributed by atoms with Crippen LogP contribution in [0, 0.1) is 13.8 Å². The van der Waals surface area contributed by atoms with Crippen LogP contribution in [0.1, 0.15) is 27.8 Å². The molecule has 4 heteroatoms. The quantitative estimate of drug-likeness (QED) is 0.524. The molecule has 0 aliphatic rings. The van der Waals surface area contributed by atoms with Gasteiger partial charge in [-0.2, -0.15) is 0 Å². The van der Waals surface area contributed by atoms with Crippen molar-refractivity contribution < 1.29 is 9.21 Å². The lowest BCUT2D eigenvalue weighted by molar-refractivity contribution is -0.115. The zero-order valence-corrected chi connectivity index (χ0v) is 16.0. The molecule has 4 nitrogen and oxygen atoms in total. The Balaban J connectivity index is 1.42. The molecule has 0 atom stereocenters. The largest absolute Gasteiger partial charge is 0.464 e. The maximum Gasteiger partial charge on any atom is 0.228 e. The second-order valence-electron chi connectivity index (χ2n) is 7.15. The highest BCUT2D eigenvalue weighted by Gasteiger charge is 2.12. The first-order valence-corrected chi connectivity index (χ1v) is 9.33. The second-order valence-corrected chi connectivity index (χ2v) is 7.15. The van der Waals surface area contributed by atoms with Gasteiger partial charge in [-0.05, 0) is 78.9 Å². The van der Waals surface area contributed by atoms with Crippen molar-refractivity contribution in [3.63, 3.8) is 0 Å². The van der Waals surface area contributed by atoms with Gasteiger partial charge in [0.05, 0.1) is 12.7 Å². The number of fused-ring (bicyclic) bond motifs is 1. The zero-order valence-electron chi connectivity index (χ0n) is 16.0. The SMILES string of the molecule is Cc1cc2occ(CC(=O)Nc3ccc(Cc4ccncc4)cc3)c2cc1C. The van der Waals surface area contributed by atoms with Crippen LogP contribution in [0.15, 0.2) is 71.6 Å². The molecule has 0 saturated carbocycles. The maximum absolute atomic E-state index is 12.5. The number of carbonyl (C=O) groups excluding carboxylic acids is 1. The maximum atomic E-state index is 12.5. The summed E-state index contributed by atoms with van der Waals surface area (Å²) in [6, 6.07) is 16.1. The lowest BCUT2D eigenvalue weighted by Gasteiger charge is -2.07. The van der Waals surface area contributed by atoms with Gasteiger partial charge in [-0.25, -0.2) is 0 Å². The first-order chi connectivity index (χ1) is 13.6. The van der Waals surface area contributed by atoms with Crippen molar-refractivity contribution in [2.45, 2.75) is 26.7 Å². The third-order valence-corrected chi connectivity index (χ3v) is 5.02. The molecule has 2 heterocycles. The van der Waals surface area contributed by atoms with E-state index >= 15 is 0 Å². The van der Waals surface area contributed by atoms with E-state index in [9.17, 15) is 4.79 Å². The number of pyridine rings is 1. The molecule has 0 aliphatic heterocycles. The predicted molar refractivity (Wildman–Crippen MR) is 112 cm³/mol. The molecule has 0 spiro atoms. The lowest BCUT2D eigenvalue weighted by atomic mass is 10.0. The van der Waals surface area contributed by atoms with Gasteiger partial charge in [0.1, 0.15) is 5.58 Å². The van der Waals surface area contributed by atoms with Gasteiger partial charge >= 0.3 is 0 Å². The number of nitrogens with one attached hydrogen (secondary N) is 1. The number of benzene rings is 2. The van der Waals surface area contributed by atoms with Gasteiger partial charge in [0.2, 0.25) is 5.91 Å². The minimum Gasteiger partial charge on any atom is -0.464 e. The number of amides is 1. The van der Waals surface area contributed by atoms with Gasteiger partial charge in [0.15, 0.2) is 0 Å². The molecule has 0 saturated heterocycles. The van der Waals surface area contributed by atoms with E-state index in [1.807, 2.05) is 42.5 Å².